The number of benzene rings is 1. The van der Waals surface area contributed by atoms with Gasteiger partial charge in [0.1, 0.15) is 0 Å². The first kappa shape index (κ1) is 17.9. The lowest BCUT2D eigenvalue weighted by atomic mass is 9.98. The van der Waals surface area contributed by atoms with E-state index in [2.05, 4.69) is 22.8 Å². The number of rotatable bonds is 5. The average Bonchev–Trinajstić information content (AvgIpc) is 3.37. The third-order valence-corrected chi connectivity index (χ3v) is 6.66. The summed E-state index contributed by atoms with van der Waals surface area (Å²) in [5.74, 6) is -0.165. The van der Waals surface area contributed by atoms with E-state index >= 15 is 0 Å². The van der Waals surface area contributed by atoms with Crippen molar-refractivity contribution in [2.75, 3.05) is 13.1 Å². The lowest BCUT2D eigenvalue weighted by Gasteiger charge is -2.35. The number of amides is 2. The number of hydrogen-bond acceptors (Lipinski definition) is 4. The van der Waals surface area contributed by atoms with E-state index in [4.69, 9.17) is 0 Å². The molecular formula is C21H20N2O2S2. The Morgan fingerprint density at radius 1 is 1.04 bits per heavy atom. The monoisotopic (exact) mass is 396 g/mol. The van der Waals surface area contributed by atoms with E-state index < -0.39 is 0 Å². The second kappa shape index (κ2) is 8.06. The number of carbonyl (C=O) groups excluding carboxylic acids is 2. The number of nitrogens with one attached hydrogen (secondary N) is 1. The van der Waals surface area contributed by atoms with Crippen molar-refractivity contribution in [3.8, 4) is 0 Å². The first-order chi connectivity index (χ1) is 13.2. The Hall–Kier alpha value is -2.44. The molecule has 6 heteroatoms. The second-order valence-electron chi connectivity index (χ2n) is 6.49. The van der Waals surface area contributed by atoms with E-state index in [0.29, 0.717) is 6.54 Å². The van der Waals surface area contributed by atoms with Gasteiger partial charge in [0, 0.05) is 16.3 Å². The molecule has 1 N–H and O–H groups in total. The van der Waals surface area contributed by atoms with Crippen LogP contribution >= 0.6 is 22.7 Å². The van der Waals surface area contributed by atoms with Gasteiger partial charge < -0.3 is 10.2 Å². The van der Waals surface area contributed by atoms with E-state index in [-0.39, 0.29) is 30.8 Å². The van der Waals surface area contributed by atoms with Gasteiger partial charge in [-0.25, -0.2) is 0 Å². The van der Waals surface area contributed by atoms with Crippen LogP contribution in [0.25, 0.3) is 0 Å². The second-order valence-corrected chi connectivity index (χ2v) is 8.47. The molecule has 3 aromatic rings. The maximum atomic E-state index is 12.9. The fourth-order valence-corrected chi connectivity index (χ4v) is 5.22. The van der Waals surface area contributed by atoms with Crippen LogP contribution in [0.1, 0.15) is 26.9 Å². The van der Waals surface area contributed by atoms with Crippen molar-refractivity contribution in [2.45, 2.75) is 18.9 Å². The van der Waals surface area contributed by atoms with Gasteiger partial charge in [0.25, 0.3) is 0 Å². The van der Waals surface area contributed by atoms with E-state index in [1.165, 1.54) is 15.3 Å². The molecule has 27 heavy (non-hydrogen) atoms. The number of hydrogen-bond donors (Lipinski definition) is 1. The first-order valence-corrected chi connectivity index (χ1v) is 10.7. The number of carbonyl (C=O) groups is 2. The fraction of sp³-hybridized carbons (Fsp3) is 0.238. The van der Waals surface area contributed by atoms with Crippen molar-refractivity contribution in [2.24, 2.45) is 0 Å². The minimum Gasteiger partial charge on any atom is -0.347 e. The maximum Gasteiger partial charge on any atom is 0.242 e. The maximum absolute atomic E-state index is 12.9. The third-order valence-electron chi connectivity index (χ3n) is 4.74. The van der Waals surface area contributed by atoms with Crippen LogP contribution in [0.4, 0.5) is 0 Å². The molecule has 0 bridgehead atoms. The van der Waals surface area contributed by atoms with Crippen molar-refractivity contribution in [3.05, 3.63) is 80.2 Å². The molecule has 0 fully saturated rings. The molecule has 4 nitrogen and oxygen atoms in total. The van der Waals surface area contributed by atoms with Crippen LogP contribution in [0.2, 0.25) is 0 Å². The SMILES string of the molecule is O=C(Cc1ccccc1)NCC(=O)N1CCc2sccc2[C@H]1c1cccs1. The zero-order valence-corrected chi connectivity index (χ0v) is 16.4. The van der Waals surface area contributed by atoms with Gasteiger partial charge in [-0.3, -0.25) is 9.59 Å². The predicted octanol–water partition coefficient (Wildman–Crippen LogP) is 3.64. The van der Waals surface area contributed by atoms with Gasteiger partial charge in [-0.1, -0.05) is 36.4 Å². The van der Waals surface area contributed by atoms with Crippen LogP contribution in [0.15, 0.2) is 59.3 Å². The highest BCUT2D eigenvalue weighted by atomic mass is 32.1. The van der Waals surface area contributed by atoms with Gasteiger partial charge in [0.15, 0.2) is 0 Å². The van der Waals surface area contributed by atoms with Gasteiger partial charge in [-0.15, -0.1) is 22.7 Å². The zero-order chi connectivity index (χ0) is 18.6. The van der Waals surface area contributed by atoms with Crippen LogP contribution in [0, 0.1) is 0 Å². The normalized spacial score (nSPS) is 16.0. The van der Waals surface area contributed by atoms with Crippen LogP contribution in [-0.4, -0.2) is 29.8 Å². The highest BCUT2D eigenvalue weighted by Crippen LogP contribution is 2.39. The quantitative estimate of drug-likeness (QED) is 0.716. The summed E-state index contributed by atoms with van der Waals surface area (Å²) in [6.45, 7) is 0.719. The van der Waals surface area contributed by atoms with Gasteiger partial charge in [0.2, 0.25) is 11.8 Å². The molecule has 3 heterocycles. The largest absolute Gasteiger partial charge is 0.347 e. The highest BCUT2D eigenvalue weighted by molar-refractivity contribution is 7.10. The summed E-state index contributed by atoms with van der Waals surface area (Å²) in [6.07, 6.45) is 1.16. The summed E-state index contributed by atoms with van der Waals surface area (Å²) in [5.41, 5.74) is 2.16. The number of fused-ring (bicyclic) bond motifs is 1. The molecule has 138 valence electrons. The molecule has 0 spiro atoms. The van der Waals surface area contributed by atoms with E-state index in [0.717, 1.165) is 12.0 Å². The molecule has 1 aliphatic heterocycles. The Morgan fingerprint density at radius 3 is 2.67 bits per heavy atom. The van der Waals surface area contributed by atoms with E-state index in [9.17, 15) is 9.59 Å². The summed E-state index contributed by atoms with van der Waals surface area (Å²) in [7, 11) is 0. The van der Waals surface area contributed by atoms with Gasteiger partial charge in [-0.2, -0.15) is 0 Å². The minimum atomic E-state index is -0.129. The lowest BCUT2D eigenvalue weighted by Crippen LogP contribution is -2.45. The molecule has 2 aromatic heterocycles. The Kier molecular flexibility index (Phi) is 5.36. The van der Waals surface area contributed by atoms with Crippen molar-refractivity contribution in [3.63, 3.8) is 0 Å². The van der Waals surface area contributed by atoms with Gasteiger partial charge in [0.05, 0.1) is 19.0 Å². The van der Waals surface area contributed by atoms with Crippen LogP contribution in [-0.2, 0) is 22.4 Å². The molecule has 2 amide bonds. The Bertz CT molecular complexity index is 919. The Balaban J connectivity index is 1.44. The smallest absolute Gasteiger partial charge is 0.242 e. The third kappa shape index (κ3) is 3.96. The standard InChI is InChI=1S/C21H20N2O2S2/c24-19(13-15-5-2-1-3-6-15)22-14-20(25)23-10-8-17-16(9-12-27-17)21(23)18-7-4-11-26-18/h1-7,9,11-12,21H,8,10,13-14H2,(H,22,24)/t21-/m0/s1. The molecule has 4 rings (SSSR count). The fourth-order valence-electron chi connectivity index (χ4n) is 3.46. The molecular weight excluding hydrogens is 376 g/mol. The summed E-state index contributed by atoms with van der Waals surface area (Å²) in [4.78, 5) is 29.5. The molecule has 1 atom stereocenters. The van der Waals surface area contributed by atoms with Crippen molar-refractivity contribution in [1.29, 1.82) is 0 Å². The minimum absolute atomic E-state index is 0.0347. The highest BCUT2D eigenvalue weighted by Gasteiger charge is 2.33. The number of thiophene rings is 2. The van der Waals surface area contributed by atoms with E-state index in [1.54, 1.807) is 22.7 Å². The topological polar surface area (TPSA) is 49.4 Å². The van der Waals surface area contributed by atoms with E-state index in [1.807, 2.05) is 46.7 Å². The van der Waals surface area contributed by atoms with Crippen molar-refractivity contribution < 1.29 is 9.59 Å². The summed E-state index contributed by atoms with van der Waals surface area (Å²) >= 11 is 3.42. The molecule has 0 radical (unpaired) electrons. The Labute approximate surface area is 166 Å². The molecule has 1 aliphatic rings. The summed E-state index contributed by atoms with van der Waals surface area (Å²) in [5, 5.41) is 6.93. The molecule has 0 aliphatic carbocycles. The van der Waals surface area contributed by atoms with Crippen molar-refractivity contribution in [1.82, 2.24) is 10.2 Å². The summed E-state index contributed by atoms with van der Waals surface area (Å²) < 4.78 is 0. The first-order valence-electron chi connectivity index (χ1n) is 8.92. The summed E-state index contributed by atoms with van der Waals surface area (Å²) in [6, 6.07) is 15.7. The predicted molar refractivity (Wildman–Crippen MR) is 109 cm³/mol. The van der Waals surface area contributed by atoms with Crippen LogP contribution < -0.4 is 5.32 Å². The van der Waals surface area contributed by atoms with Crippen LogP contribution in [0.3, 0.4) is 0 Å². The molecule has 0 saturated heterocycles. The average molecular weight is 397 g/mol. The Morgan fingerprint density at radius 2 is 1.89 bits per heavy atom. The van der Waals surface area contributed by atoms with Crippen LogP contribution in [0.5, 0.6) is 0 Å². The number of nitrogens with zero attached hydrogens (tertiary/aromatic N) is 1. The molecule has 0 unspecified atom stereocenters. The van der Waals surface area contributed by atoms with Gasteiger partial charge in [-0.05, 0) is 40.4 Å². The molecule has 1 aromatic carbocycles. The van der Waals surface area contributed by atoms with Gasteiger partial charge >= 0.3 is 0 Å². The lowest BCUT2D eigenvalue weighted by molar-refractivity contribution is -0.134. The zero-order valence-electron chi connectivity index (χ0n) is 14.8. The van der Waals surface area contributed by atoms with Crippen molar-refractivity contribution >= 4 is 34.5 Å². The molecule has 0 saturated carbocycles.